The van der Waals surface area contributed by atoms with E-state index in [2.05, 4.69) is 21.0 Å². The molecule has 1 aromatic carbocycles. The van der Waals surface area contributed by atoms with Crippen LogP contribution in [0.3, 0.4) is 0 Å². The summed E-state index contributed by atoms with van der Waals surface area (Å²) >= 11 is 6.83. The summed E-state index contributed by atoms with van der Waals surface area (Å²) in [6.07, 6.45) is 4.30. The van der Waals surface area contributed by atoms with Gasteiger partial charge in [0.25, 0.3) is 5.91 Å². The molecule has 1 spiro atoms. The van der Waals surface area contributed by atoms with Crippen LogP contribution in [-0.4, -0.2) is 87.5 Å². The van der Waals surface area contributed by atoms with Crippen LogP contribution in [0.1, 0.15) is 82.7 Å². The number of hydrogen-bond donors (Lipinski definition) is 1. The van der Waals surface area contributed by atoms with Crippen molar-refractivity contribution in [3.63, 3.8) is 0 Å². The second kappa shape index (κ2) is 12.3. The van der Waals surface area contributed by atoms with Crippen LogP contribution in [-0.2, 0) is 42.9 Å². The number of amides is 1. The Hall–Kier alpha value is -4.06. The summed E-state index contributed by atoms with van der Waals surface area (Å²) in [6, 6.07) is 3.76. The maximum Gasteiger partial charge on any atom is 0.318 e. The largest absolute Gasteiger partial charge is 0.461 e. The molecule has 2 N–H and O–H groups in total. The molecule has 2 saturated heterocycles. The lowest BCUT2D eigenvalue weighted by atomic mass is 9.72. The molecule has 12 nitrogen and oxygen atoms in total. The Labute approximate surface area is 294 Å². The average Bonchev–Trinajstić information content (AvgIpc) is 3.66. The minimum absolute atomic E-state index is 0.106. The minimum Gasteiger partial charge on any atom is -0.461 e. The monoisotopic (exact) mass is 707 g/mol. The number of alkyl halides is 1. The van der Waals surface area contributed by atoms with Gasteiger partial charge in [-0.05, 0) is 56.7 Å². The molecule has 3 aromatic rings. The number of carbonyl (C=O) groups is 1. The van der Waals surface area contributed by atoms with Gasteiger partial charge in [-0.2, -0.15) is 20.3 Å². The van der Waals surface area contributed by atoms with Crippen LogP contribution in [0.25, 0.3) is 0 Å². The Morgan fingerprint density at radius 3 is 2.88 bits per heavy atom. The Morgan fingerprint density at radius 1 is 1.24 bits per heavy atom. The highest BCUT2D eigenvalue weighted by Gasteiger charge is 2.50. The second-order valence-corrected chi connectivity index (χ2v) is 14.9. The second-order valence-electron chi connectivity index (χ2n) is 14.5. The number of rotatable bonds is 5. The minimum atomic E-state index is -0.938. The van der Waals surface area contributed by atoms with Gasteiger partial charge in [0.05, 0.1) is 46.4 Å². The van der Waals surface area contributed by atoms with Crippen LogP contribution in [0, 0.1) is 17.1 Å². The van der Waals surface area contributed by atoms with E-state index in [9.17, 15) is 18.8 Å². The van der Waals surface area contributed by atoms with Crippen LogP contribution in [0.4, 0.5) is 20.3 Å². The maximum atomic E-state index is 14.8. The first-order valence-electron chi connectivity index (χ1n) is 17.3. The number of benzene rings is 1. The summed E-state index contributed by atoms with van der Waals surface area (Å²) in [7, 11) is 3.32. The van der Waals surface area contributed by atoms with E-state index in [4.69, 9.17) is 36.8 Å². The highest BCUT2D eigenvalue weighted by molar-refractivity contribution is 6.34. The van der Waals surface area contributed by atoms with Crippen molar-refractivity contribution in [2.45, 2.75) is 88.4 Å². The molecule has 0 radical (unpaired) electrons. The number of nitrogen functional groups attached to an aromatic ring is 1. The smallest absolute Gasteiger partial charge is 0.318 e. The van der Waals surface area contributed by atoms with Crippen LogP contribution < -0.4 is 15.4 Å². The fraction of sp³-hybridized carbons (Fsp3) is 0.571. The first-order chi connectivity index (χ1) is 24.0. The summed E-state index contributed by atoms with van der Waals surface area (Å²) in [5.74, 6) is -0.258. The van der Waals surface area contributed by atoms with Crippen molar-refractivity contribution in [1.82, 2.24) is 29.5 Å². The number of nitriles is 1. The number of ether oxygens (including phenoxy) is 2. The van der Waals surface area contributed by atoms with Gasteiger partial charge in [-0.25, -0.2) is 8.78 Å². The number of hydrogen-bond acceptors (Lipinski definition) is 10. The summed E-state index contributed by atoms with van der Waals surface area (Å²) in [5.41, 5.74) is 8.46. The van der Waals surface area contributed by atoms with E-state index in [1.807, 2.05) is 0 Å². The highest BCUT2D eigenvalue weighted by atomic mass is 35.5. The van der Waals surface area contributed by atoms with Crippen LogP contribution in [0.2, 0.25) is 5.02 Å². The SMILES string of the molecule is CN(C)C(=O)c1nn2c(c1Cl)CN(c1nc(OCC34CCCN3C[C@H](F)C4)nc3c1CO[C@]1(CCCc4cc(F)c(N)c(C#N)c41)C3)CCC2. The van der Waals surface area contributed by atoms with Gasteiger partial charge >= 0.3 is 6.01 Å². The molecule has 3 atom stereocenters. The summed E-state index contributed by atoms with van der Waals surface area (Å²) in [4.78, 5) is 28.6. The number of aryl methyl sites for hydroxylation is 2. The van der Waals surface area contributed by atoms with Crippen molar-refractivity contribution < 1.29 is 23.0 Å². The van der Waals surface area contributed by atoms with Gasteiger partial charge in [-0.15, -0.1) is 0 Å². The van der Waals surface area contributed by atoms with Gasteiger partial charge in [0.15, 0.2) is 5.69 Å². The van der Waals surface area contributed by atoms with Crippen LogP contribution in [0.5, 0.6) is 6.01 Å². The lowest BCUT2D eigenvalue weighted by Crippen LogP contribution is -2.44. The van der Waals surface area contributed by atoms with Gasteiger partial charge in [0.2, 0.25) is 0 Å². The van der Waals surface area contributed by atoms with Crippen molar-refractivity contribution in [1.29, 1.82) is 5.26 Å². The summed E-state index contributed by atoms with van der Waals surface area (Å²) < 4.78 is 44.4. The predicted molar refractivity (Wildman–Crippen MR) is 180 cm³/mol. The molecule has 0 bridgehead atoms. The van der Waals surface area contributed by atoms with Crippen molar-refractivity contribution in [3.05, 3.63) is 56.2 Å². The van der Waals surface area contributed by atoms with Crippen molar-refractivity contribution in [2.24, 2.45) is 0 Å². The molecule has 4 aliphatic heterocycles. The number of halogens is 3. The molecule has 2 aromatic heterocycles. The lowest BCUT2D eigenvalue weighted by molar-refractivity contribution is -0.0857. The molecule has 15 heteroatoms. The van der Waals surface area contributed by atoms with Crippen molar-refractivity contribution >= 4 is 29.0 Å². The van der Waals surface area contributed by atoms with Crippen LogP contribution >= 0.6 is 11.6 Å². The zero-order chi connectivity index (χ0) is 34.9. The normalized spacial score (nSPS) is 25.8. The molecule has 5 aliphatic rings. The van der Waals surface area contributed by atoms with E-state index in [0.29, 0.717) is 86.1 Å². The van der Waals surface area contributed by atoms with Gasteiger partial charge in [0, 0.05) is 57.7 Å². The predicted octanol–water partition coefficient (Wildman–Crippen LogP) is 4.29. The number of aromatic nitrogens is 4. The Kier molecular flexibility index (Phi) is 8.15. The Bertz CT molecular complexity index is 1930. The number of nitrogens with two attached hydrogens (primary N) is 1. The standard InChI is InChI=1S/C35H40ClF2N9O3/c1-44(2)32(48)30-28(36)26-17-45(9-5-11-47(26)43-30)31-23-18-50-35(8-3-6-20-12-24(38)29(40)22(15-39)27(20)35)14-25(23)41-33(42-31)49-19-34-7-4-10-46(34)16-21(37)13-34/h12,21H,3-11,13-14,16-19,40H2,1-2H3/t21-,34?,35-/m1/s1. The third-order valence-electron chi connectivity index (χ3n) is 11.3. The van der Waals surface area contributed by atoms with Gasteiger partial charge in [-0.1, -0.05) is 11.6 Å². The molecular formula is C35H40ClF2N9O3. The molecule has 1 aliphatic carbocycles. The molecule has 1 amide bonds. The van der Waals surface area contributed by atoms with E-state index in [0.717, 1.165) is 36.9 Å². The number of carbonyl (C=O) groups excluding carboxylic acids is 1. The van der Waals surface area contributed by atoms with Gasteiger partial charge in [0.1, 0.15) is 36.1 Å². The Morgan fingerprint density at radius 2 is 2.08 bits per heavy atom. The third-order valence-corrected chi connectivity index (χ3v) is 11.7. The zero-order valence-corrected chi connectivity index (χ0v) is 29.0. The molecule has 8 rings (SSSR count). The lowest BCUT2D eigenvalue weighted by Gasteiger charge is -2.43. The Balaban J connectivity index is 1.20. The van der Waals surface area contributed by atoms with E-state index in [1.165, 1.54) is 11.0 Å². The molecule has 1 unspecified atom stereocenters. The molecule has 6 heterocycles. The molecule has 2 fully saturated rings. The van der Waals surface area contributed by atoms with E-state index < -0.39 is 23.1 Å². The van der Waals surface area contributed by atoms with Crippen LogP contribution in [0.15, 0.2) is 6.07 Å². The molecule has 264 valence electrons. The quantitative estimate of drug-likeness (QED) is 0.382. The highest BCUT2D eigenvalue weighted by Crippen LogP contribution is 2.49. The van der Waals surface area contributed by atoms with E-state index >= 15 is 0 Å². The van der Waals surface area contributed by atoms with Gasteiger partial charge < -0.3 is 25.0 Å². The third kappa shape index (κ3) is 5.27. The number of anilines is 2. The number of nitrogens with zero attached hydrogens (tertiary/aromatic N) is 8. The topological polar surface area (TPSA) is 139 Å². The fourth-order valence-electron chi connectivity index (χ4n) is 8.87. The summed E-state index contributed by atoms with van der Waals surface area (Å²) in [5, 5.41) is 15.0. The average molecular weight is 708 g/mol. The number of fused-ring (bicyclic) bond motifs is 5. The first kappa shape index (κ1) is 33.1. The van der Waals surface area contributed by atoms with Crippen molar-refractivity contribution in [2.75, 3.05) is 51.0 Å². The molecule has 50 heavy (non-hydrogen) atoms. The zero-order valence-electron chi connectivity index (χ0n) is 28.3. The summed E-state index contributed by atoms with van der Waals surface area (Å²) in [6.45, 7) is 3.16. The van der Waals surface area contributed by atoms with Crippen molar-refractivity contribution in [3.8, 4) is 12.1 Å². The van der Waals surface area contributed by atoms with E-state index in [1.54, 1.807) is 18.8 Å². The maximum absolute atomic E-state index is 14.8. The molecule has 0 saturated carbocycles. The first-order valence-corrected chi connectivity index (χ1v) is 17.7. The van der Waals surface area contributed by atoms with Gasteiger partial charge in [-0.3, -0.25) is 14.4 Å². The fourth-order valence-corrected chi connectivity index (χ4v) is 9.14. The molecular weight excluding hydrogens is 668 g/mol. The van der Waals surface area contributed by atoms with E-state index in [-0.39, 0.29) is 42.1 Å².